The molecule has 0 heterocycles. The van der Waals surface area contributed by atoms with Crippen molar-refractivity contribution in [2.75, 3.05) is 25.9 Å². The smallest absolute Gasteiger partial charge is 0.256 e. The first kappa shape index (κ1) is 29.1. The number of ether oxygens (including phenoxy) is 1. The minimum absolute atomic E-state index is 0. The number of likely N-dealkylation sites (N-methyl/N-ethyl adjacent to an activating group) is 1. The highest BCUT2D eigenvalue weighted by Crippen LogP contribution is 2.18. The van der Waals surface area contributed by atoms with Gasteiger partial charge in [0.15, 0.2) is 0 Å². The lowest BCUT2D eigenvalue weighted by Gasteiger charge is -2.29. The Morgan fingerprint density at radius 3 is 2.45 bits per heavy atom. The van der Waals surface area contributed by atoms with Crippen LogP contribution in [0.1, 0.15) is 35.3 Å². The molecule has 33 heavy (non-hydrogen) atoms. The van der Waals surface area contributed by atoms with Gasteiger partial charge in [-0.1, -0.05) is 23.8 Å². The highest BCUT2D eigenvalue weighted by atomic mass is 16.5. The van der Waals surface area contributed by atoms with Crippen LogP contribution in [0.5, 0.6) is 5.75 Å². The van der Waals surface area contributed by atoms with Gasteiger partial charge in [-0.05, 0) is 45.0 Å². The maximum absolute atomic E-state index is 12.9. The van der Waals surface area contributed by atoms with Gasteiger partial charge in [-0.15, -0.1) is 0 Å². The fourth-order valence-electron chi connectivity index (χ4n) is 3.00. The van der Waals surface area contributed by atoms with Crippen molar-refractivity contribution in [1.82, 2.24) is 16.4 Å². The number of hydrogen-bond acceptors (Lipinski definition) is 8. The number of nitrogens with two attached hydrogens (primary N) is 2. The lowest BCUT2D eigenvalue weighted by molar-refractivity contribution is 0.0706. The van der Waals surface area contributed by atoms with Gasteiger partial charge in [0.05, 0.1) is 18.4 Å². The number of nitrogens with zero attached hydrogens (tertiary/aromatic N) is 1. The van der Waals surface area contributed by atoms with Crippen LogP contribution in [0.4, 0.5) is 5.69 Å². The molecule has 0 aliphatic heterocycles. The Balaban J connectivity index is 0.00000189. The average molecular weight is 456 g/mol. The third-order valence-corrected chi connectivity index (χ3v) is 4.73. The standard InChI is InChI=1S/C22H30N4O2.C2H4N2.H3N/c1-5-26(22(27)19-11-15(2)9-10-20(19)23)16(3)13-25-14-21(24)17-7-6-8-18(12-17)28-4;3-1-2-4;/h6-12,14,16,25H,5,13,23-24H2,1-4H3;1-4H;1H3/b21-14-;;/t16-;;/m0../s1. The second kappa shape index (κ2) is 15.0. The summed E-state index contributed by atoms with van der Waals surface area (Å²) in [7, 11) is 1.62. The molecule has 0 aliphatic rings. The van der Waals surface area contributed by atoms with Crippen LogP contribution in [-0.2, 0) is 0 Å². The number of carbonyl (C=O) groups is 1. The fourth-order valence-corrected chi connectivity index (χ4v) is 3.00. The zero-order valence-electron chi connectivity index (χ0n) is 19.9. The Bertz CT molecular complexity index is 938. The maximum atomic E-state index is 12.9. The largest absolute Gasteiger partial charge is 0.497 e. The van der Waals surface area contributed by atoms with Crippen molar-refractivity contribution in [3.05, 3.63) is 65.4 Å². The van der Waals surface area contributed by atoms with Gasteiger partial charge in [-0.3, -0.25) is 4.79 Å². The Labute approximate surface area is 196 Å². The van der Waals surface area contributed by atoms with E-state index in [0.29, 0.717) is 30.0 Å². The number of rotatable bonds is 9. The molecule has 180 valence electrons. The summed E-state index contributed by atoms with van der Waals surface area (Å²) in [5, 5.41) is 15.4. The van der Waals surface area contributed by atoms with E-state index in [1.54, 1.807) is 24.3 Å². The molecular weight excluding hydrogens is 418 g/mol. The summed E-state index contributed by atoms with van der Waals surface area (Å²) in [6.45, 7) is 7.06. The second-order valence-electron chi connectivity index (χ2n) is 7.10. The second-order valence-corrected chi connectivity index (χ2v) is 7.10. The molecule has 0 bridgehead atoms. The highest BCUT2D eigenvalue weighted by molar-refractivity contribution is 6.12. The van der Waals surface area contributed by atoms with Gasteiger partial charge in [0, 0.05) is 49.0 Å². The van der Waals surface area contributed by atoms with Crippen LogP contribution in [-0.4, -0.2) is 49.5 Å². The minimum atomic E-state index is -0.0669. The molecule has 9 nitrogen and oxygen atoms in total. The Morgan fingerprint density at radius 2 is 1.88 bits per heavy atom. The summed E-state index contributed by atoms with van der Waals surface area (Å²) < 4.78 is 5.22. The van der Waals surface area contributed by atoms with Crippen LogP contribution in [0.2, 0.25) is 0 Å². The number of aryl methyl sites for hydroxylation is 1. The number of methoxy groups -OCH3 is 1. The summed E-state index contributed by atoms with van der Waals surface area (Å²) in [4.78, 5) is 14.7. The molecule has 0 unspecified atom stereocenters. The lowest BCUT2D eigenvalue weighted by Crippen LogP contribution is -2.43. The predicted octanol–water partition coefficient (Wildman–Crippen LogP) is 3.43. The van der Waals surface area contributed by atoms with E-state index >= 15 is 0 Å². The van der Waals surface area contributed by atoms with Crippen molar-refractivity contribution >= 4 is 29.7 Å². The minimum Gasteiger partial charge on any atom is -0.497 e. The molecule has 0 aliphatic carbocycles. The molecule has 0 radical (unpaired) electrons. The summed E-state index contributed by atoms with van der Waals surface area (Å²) in [6.07, 6.45) is 3.59. The van der Waals surface area contributed by atoms with E-state index in [9.17, 15) is 4.79 Å². The summed E-state index contributed by atoms with van der Waals surface area (Å²) >= 11 is 0. The molecule has 0 saturated carbocycles. The van der Waals surface area contributed by atoms with Crippen LogP contribution in [0, 0.1) is 17.7 Å². The van der Waals surface area contributed by atoms with Gasteiger partial charge in [-0.2, -0.15) is 0 Å². The number of benzene rings is 2. The van der Waals surface area contributed by atoms with Gasteiger partial charge in [0.25, 0.3) is 5.91 Å². The summed E-state index contributed by atoms with van der Waals surface area (Å²) in [6, 6.07) is 13.0. The number of nitrogen functional groups attached to an aromatic ring is 1. The maximum Gasteiger partial charge on any atom is 0.256 e. The van der Waals surface area contributed by atoms with Crippen LogP contribution in [0.15, 0.2) is 48.7 Å². The van der Waals surface area contributed by atoms with Gasteiger partial charge in [0.1, 0.15) is 5.75 Å². The third kappa shape index (κ3) is 9.04. The van der Waals surface area contributed by atoms with E-state index in [-0.39, 0.29) is 18.1 Å². The van der Waals surface area contributed by atoms with Crippen molar-refractivity contribution in [1.29, 1.82) is 10.8 Å². The highest BCUT2D eigenvalue weighted by Gasteiger charge is 2.21. The number of amides is 1. The van der Waals surface area contributed by atoms with E-state index in [0.717, 1.165) is 29.3 Å². The lowest BCUT2D eigenvalue weighted by atomic mass is 10.1. The first-order chi connectivity index (χ1) is 15.3. The van der Waals surface area contributed by atoms with E-state index in [1.807, 2.05) is 57.2 Å². The van der Waals surface area contributed by atoms with Crippen molar-refractivity contribution in [3.63, 3.8) is 0 Å². The molecule has 10 N–H and O–H groups in total. The van der Waals surface area contributed by atoms with Crippen LogP contribution >= 0.6 is 0 Å². The van der Waals surface area contributed by atoms with Crippen molar-refractivity contribution < 1.29 is 9.53 Å². The average Bonchev–Trinajstić information content (AvgIpc) is 2.81. The monoisotopic (exact) mass is 455 g/mol. The third-order valence-electron chi connectivity index (χ3n) is 4.73. The van der Waals surface area contributed by atoms with Gasteiger partial charge < -0.3 is 43.4 Å². The molecule has 0 saturated heterocycles. The van der Waals surface area contributed by atoms with E-state index in [1.165, 1.54) is 0 Å². The first-order valence-corrected chi connectivity index (χ1v) is 10.3. The molecule has 1 amide bonds. The molecule has 2 rings (SSSR count). The molecule has 2 aromatic carbocycles. The zero-order valence-corrected chi connectivity index (χ0v) is 19.9. The van der Waals surface area contributed by atoms with E-state index in [4.69, 9.17) is 27.0 Å². The van der Waals surface area contributed by atoms with Crippen molar-refractivity contribution in [2.45, 2.75) is 26.8 Å². The molecule has 2 aromatic rings. The van der Waals surface area contributed by atoms with Crippen LogP contribution in [0.25, 0.3) is 5.70 Å². The number of anilines is 1. The zero-order chi connectivity index (χ0) is 24.1. The van der Waals surface area contributed by atoms with E-state index < -0.39 is 0 Å². The molecule has 9 heteroatoms. The van der Waals surface area contributed by atoms with Gasteiger partial charge in [-0.25, -0.2) is 0 Å². The number of carbonyl (C=O) groups excluding carboxylic acids is 1. The number of nitrogens with one attached hydrogen (secondary N) is 3. The molecule has 0 fully saturated rings. The summed E-state index contributed by atoms with van der Waals surface area (Å²) in [5.74, 6) is 0.684. The molecule has 0 aromatic heterocycles. The number of hydrogen-bond donors (Lipinski definition) is 6. The Kier molecular flexibility index (Phi) is 13.3. The fraction of sp³-hybridized carbons (Fsp3) is 0.292. The molecule has 1 atom stereocenters. The predicted molar refractivity (Wildman–Crippen MR) is 138 cm³/mol. The molecule has 0 spiro atoms. The first-order valence-electron chi connectivity index (χ1n) is 10.3. The Hall–Kier alpha value is -3.85. The molecular formula is C24H37N7O2. The van der Waals surface area contributed by atoms with Crippen LogP contribution < -0.4 is 27.7 Å². The summed E-state index contributed by atoms with van der Waals surface area (Å²) in [5.41, 5.74) is 15.7. The normalized spacial score (nSPS) is 11.1. The topological polar surface area (TPSA) is 176 Å². The Morgan fingerprint density at radius 1 is 1.21 bits per heavy atom. The van der Waals surface area contributed by atoms with Gasteiger partial charge >= 0.3 is 0 Å². The quantitative estimate of drug-likeness (QED) is 0.249. The SMILES string of the molecule is CCN(C(=O)c1cc(C)ccc1N)[C@@H](C)CN/C=C(\N)c1cccc(OC)c1.N.N=CC=N. The van der Waals surface area contributed by atoms with E-state index in [2.05, 4.69) is 5.32 Å². The van der Waals surface area contributed by atoms with Crippen molar-refractivity contribution in [3.8, 4) is 5.75 Å². The van der Waals surface area contributed by atoms with Gasteiger partial charge in [0.2, 0.25) is 0 Å². The van der Waals surface area contributed by atoms with Crippen LogP contribution in [0.3, 0.4) is 0 Å². The van der Waals surface area contributed by atoms with Crippen molar-refractivity contribution in [2.24, 2.45) is 5.73 Å².